The highest BCUT2D eigenvalue weighted by Crippen LogP contribution is 2.24. The second-order valence-electron chi connectivity index (χ2n) is 4.97. The van der Waals surface area contributed by atoms with Gasteiger partial charge in [-0.15, -0.1) is 0 Å². The molecular formula is C17H29N3O2. The number of urea groups is 1. The SMILES string of the molecule is CCN(CC)CCOc1ccccc1NC(=O)N(CC)CC. The molecule has 0 saturated carbocycles. The molecule has 2 amide bonds. The van der Waals surface area contributed by atoms with Gasteiger partial charge in [-0.3, -0.25) is 0 Å². The highest BCUT2D eigenvalue weighted by atomic mass is 16.5. The van der Waals surface area contributed by atoms with Crippen LogP contribution in [0.3, 0.4) is 0 Å². The van der Waals surface area contributed by atoms with Gasteiger partial charge in [0.05, 0.1) is 5.69 Å². The van der Waals surface area contributed by atoms with Crippen LogP contribution in [-0.2, 0) is 0 Å². The van der Waals surface area contributed by atoms with Gasteiger partial charge in [-0.2, -0.15) is 0 Å². The summed E-state index contributed by atoms with van der Waals surface area (Å²) in [5.74, 6) is 0.718. The minimum absolute atomic E-state index is 0.0928. The van der Waals surface area contributed by atoms with Crippen molar-refractivity contribution in [2.75, 3.05) is 44.6 Å². The number of anilines is 1. The lowest BCUT2D eigenvalue weighted by Crippen LogP contribution is -2.34. The van der Waals surface area contributed by atoms with E-state index in [0.29, 0.717) is 19.7 Å². The van der Waals surface area contributed by atoms with Gasteiger partial charge in [-0.1, -0.05) is 26.0 Å². The Kier molecular flexibility index (Phi) is 8.36. The van der Waals surface area contributed by atoms with E-state index >= 15 is 0 Å². The fraction of sp³-hybridized carbons (Fsp3) is 0.588. The van der Waals surface area contributed by atoms with Gasteiger partial charge in [0.25, 0.3) is 0 Å². The molecule has 0 aliphatic heterocycles. The van der Waals surface area contributed by atoms with Gasteiger partial charge < -0.3 is 19.9 Å². The number of para-hydroxylation sites is 2. The summed E-state index contributed by atoms with van der Waals surface area (Å²) in [5, 5.41) is 2.93. The molecule has 0 saturated heterocycles. The van der Waals surface area contributed by atoms with Gasteiger partial charge in [0.15, 0.2) is 0 Å². The van der Waals surface area contributed by atoms with E-state index in [1.54, 1.807) is 4.90 Å². The van der Waals surface area contributed by atoms with Crippen molar-refractivity contribution < 1.29 is 9.53 Å². The fourth-order valence-corrected chi connectivity index (χ4v) is 2.23. The zero-order valence-electron chi connectivity index (χ0n) is 14.3. The molecule has 0 heterocycles. The van der Waals surface area contributed by atoms with E-state index < -0.39 is 0 Å². The largest absolute Gasteiger partial charge is 0.490 e. The van der Waals surface area contributed by atoms with Crippen molar-refractivity contribution in [3.05, 3.63) is 24.3 Å². The molecule has 0 spiro atoms. The molecule has 0 aliphatic carbocycles. The minimum Gasteiger partial charge on any atom is -0.490 e. The molecule has 0 unspecified atom stereocenters. The predicted molar refractivity (Wildman–Crippen MR) is 91.7 cm³/mol. The molecule has 0 fully saturated rings. The van der Waals surface area contributed by atoms with Crippen molar-refractivity contribution in [3.63, 3.8) is 0 Å². The van der Waals surface area contributed by atoms with E-state index in [1.165, 1.54) is 0 Å². The number of benzene rings is 1. The molecule has 0 aromatic heterocycles. The predicted octanol–water partition coefficient (Wildman–Crippen LogP) is 3.28. The quantitative estimate of drug-likeness (QED) is 0.761. The fourth-order valence-electron chi connectivity index (χ4n) is 2.23. The first kappa shape index (κ1) is 18.3. The number of carbonyl (C=O) groups is 1. The minimum atomic E-state index is -0.0928. The van der Waals surface area contributed by atoms with Gasteiger partial charge in [0, 0.05) is 19.6 Å². The van der Waals surface area contributed by atoms with Crippen LogP contribution in [-0.4, -0.2) is 55.2 Å². The standard InChI is InChI=1S/C17H29N3O2/c1-5-19(6-2)13-14-22-16-12-10-9-11-15(16)18-17(21)20(7-3)8-4/h9-12H,5-8,13-14H2,1-4H3,(H,18,21). The lowest BCUT2D eigenvalue weighted by atomic mass is 10.3. The zero-order chi connectivity index (χ0) is 16.4. The zero-order valence-corrected chi connectivity index (χ0v) is 14.3. The average molecular weight is 307 g/mol. The second-order valence-corrected chi connectivity index (χ2v) is 4.97. The summed E-state index contributed by atoms with van der Waals surface area (Å²) in [6, 6.07) is 7.48. The normalized spacial score (nSPS) is 10.6. The molecule has 1 N–H and O–H groups in total. The van der Waals surface area contributed by atoms with Crippen molar-refractivity contribution >= 4 is 11.7 Å². The first-order valence-electron chi connectivity index (χ1n) is 8.16. The number of carbonyl (C=O) groups excluding carboxylic acids is 1. The van der Waals surface area contributed by atoms with E-state index in [9.17, 15) is 4.79 Å². The van der Waals surface area contributed by atoms with Crippen LogP contribution in [0.1, 0.15) is 27.7 Å². The highest BCUT2D eigenvalue weighted by molar-refractivity contribution is 5.90. The Balaban J connectivity index is 2.63. The number of amides is 2. The third kappa shape index (κ3) is 5.56. The number of ether oxygens (including phenoxy) is 1. The van der Waals surface area contributed by atoms with Gasteiger partial charge in [0.1, 0.15) is 12.4 Å². The highest BCUT2D eigenvalue weighted by Gasteiger charge is 2.12. The van der Waals surface area contributed by atoms with Crippen molar-refractivity contribution in [1.29, 1.82) is 0 Å². The lowest BCUT2D eigenvalue weighted by Gasteiger charge is -2.21. The molecule has 124 valence electrons. The Morgan fingerprint density at radius 3 is 2.27 bits per heavy atom. The molecule has 0 bridgehead atoms. The number of hydrogen-bond acceptors (Lipinski definition) is 3. The topological polar surface area (TPSA) is 44.8 Å². The molecule has 1 aromatic rings. The van der Waals surface area contributed by atoms with Crippen molar-refractivity contribution in [1.82, 2.24) is 9.80 Å². The van der Waals surface area contributed by atoms with E-state index in [1.807, 2.05) is 38.1 Å². The van der Waals surface area contributed by atoms with Crippen molar-refractivity contribution in [2.45, 2.75) is 27.7 Å². The monoisotopic (exact) mass is 307 g/mol. The van der Waals surface area contributed by atoms with E-state index in [4.69, 9.17) is 4.74 Å². The summed E-state index contributed by atoms with van der Waals surface area (Å²) < 4.78 is 5.84. The molecule has 1 rings (SSSR count). The van der Waals surface area contributed by atoms with Gasteiger partial charge >= 0.3 is 6.03 Å². The van der Waals surface area contributed by atoms with Crippen LogP contribution in [0.5, 0.6) is 5.75 Å². The first-order chi connectivity index (χ1) is 10.7. The van der Waals surface area contributed by atoms with Gasteiger partial charge in [-0.05, 0) is 39.1 Å². The summed E-state index contributed by atoms with van der Waals surface area (Å²) >= 11 is 0. The summed E-state index contributed by atoms with van der Waals surface area (Å²) in [6.07, 6.45) is 0. The van der Waals surface area contributed by atoms with Gasteiger partial charge in [0.2, 0.25) is 0 Å². The maximum absolute atomic E-state index is 12.2. The molecule has 0 atom stereocenters. The van der Waals surface area contributed by atoms with Gasteiger partial charge in [-0.25, -0.2) is 4.79 Å². The van der Waals surface area contributed by atoms with Crippen LogP contribution in [0.4, 0.5) is 10.5 Å². The van der Waals surface area contributed by atoms with Crippen LogP contribution in [0.2, 0.25) is 0 Å². The maximum atomic E-state index is 12.2. The molecule has 0 radical (unpaired) electrons. The molecule has 5 nitrogen and oxygen atoms in total. The van der Waals surface area contributed by atoms with Crippen LogP contribution in [0, 0.1) is 0 Å². The Hall–Kier alpha value is -1.75. The number of nitrogens with zero attached hydrogens (tertiary/aromatic N) is 2. The summed E-state index contributed by atoms with van der Waals surface area (Å²) in [4.78, 5) is 16.2. The molecular weight excluding hydrogens is 278 g/mol. The Morgan fingerprint density at radius 2 is 1.68 bits per heavy atom. The smallest absolute Gasteiger partial charge is 0.321 e. The maximum Gasteiger partial charge on any atom is 0.321 e. The van der Waals surface area contributed by atoms with E-state index in [-0.39, 0.29) is 6.03 Å². The average Bonchev–Trinajstić information content (AvgIpc) is 2.54. The van der Waals surface area contributed by atoms with Crippen LogP contribution >= 0.6 is 0 Å². The number of rotatable bonds is 9. The van der Waals surface area contributed by atoms with E-state index in [2.05, 4.69) is 24.1 Å². The number of likely N-dealkylation sites (N-methyl/N-ethyl adjacent to an activating group) is 1. The Morgan fingerprint density at radius 1 is 1.05 bits per heavy atom. The first-order valence-corrected chi connectivity index (χ1v) is 8.16. The molecule has 1 aromatic carbocycles. The lowest BCUT2D eigenvalue weighted by molar-refractivity contribution is 0.215. The van der Waals surface area contributed by atoms with Crippen molar-refractivity contribution in [2.24, 2.45) is 0 Å². The third-order valence-electron chi connectivity index (χ3n) is 3.74. The Labute approximate surface area is 134 Å². The summed E-state index contributed by atoms with van der Waals surface area (Å²) in [5.41, 5.74) is 0.721. The second kappa shape index (κ2) is 10.1. The molecule has 5 heteroatoms. The summed E-state index contributed by atoms with van der Waals surface area (Å²) in [7, 11) is 0. The number of nitrogens with one attached hydrogen (secondary N) is 1. The summed E-state index contributed by atoms with van der Waals surface area (Å²) in [6.45, 7) is 13.1. The third-order valence-corrected chi connectivity index (χ3v) is 3.74. The van der Waals surface area contributed by atoms with E-state index in [0.717, 1.165) is 31.1 Å². The van der Waals surface area contributed by atoms with Crippen molar-refractivity contribution in [3.8, 4) is 5.75 Å². The van der Waals surface area contributed by atoms with Crippen LogP contribution in [0.15, 0.2) is 24.3 Å². The molecule has 0 aliphatic rings. The van der Waals surface area contributed by atoms with Crippen LogP contribution < -0.4 is 10.1 Å². The molecule has 22 heavy (non-hydrogen) atoms. The Bertz CT molecular complexity index is 443. The van der Waals surface area contributed by atoms with Crippen LogP contribution in [0.25, 0.3) is 0 Å². The number of hydrogen-bond donors (Lipinski definition) is 1.